The molecule has 4 nitrogen and oxygen atoms in total. The van der Waals surface area contributed by atoms with Gasteiger partial charge >= 0.3 is 0 Å². The second kappa shape index (κ2) is 5.80. The van der Waals surface area contributed by atoms with E-state index >= 15 is 0 Å². The second-order valence-electron chi connectivity index (χ2n) is 5.19. The maximum Gasteiger partial charge on any atom is 0.251 e. The number of anilines is 1. The van der Waals surface area contributed by atoms with E-state index in [9.17, 15) is 9.90 Å². The molecule has 104 valence electrons. The fourth-order valence-corrected chi connectivity index (χ4v) is 2.67. The van der Waals surface area contributed by atoms with Crippen molar-refractivity contribution >= 4 is 23.2 Å². The minimum atomic E-state index is -0.482. The van der Waals surface area contributed by atoms with E-state index in [2.05, 4.69) is 5.32 Å². The zero-order valence-electron chi connectivity index (χ0n) is 10.8. The molecule has 0 spiro atoms. The molecule has 1 aliphatic rings. The maximum absolute atomic E-state index is 12.2. The molecule has 0 saturated heterocycles. The third-order valence-corrected chi connectivity index (χ3v) is 4.09. The highest BCUT2D eigenvalue weighted by atomic mass is 35.5. The summed E-state index contributed by atoms with van der Waals surface area (Å²) in [5, 5.41) is 13.0. The van der Waals surface area contributed by atoms with Crippen LogP contribution in [-0.4, -0.2) is 23.2 Å². The first-order chi connectivity index (χ1) is 9.06. The molecule has 1 saturated carbocycles. The van der Waals surface area contributed by atoms with Crippen molar-refractivity contribution in [2.24, 2.45) is 0 Å². The Bertz CT molecular complexity index is 471. The lowest BCUT2D eigenvalue weighted by Crippen LogP contribution is -2.52. The summed E-state index contributed by atoms with van der Waals surface area (Å²) >= 11 is 5.84. The van der Waals surface area contributed by atoms with Gasteiger partial charge in [-0.05, 0) is 31.0 Å². The number of carbonyl (C=O) groups is 1. The number of aliphatic hydroxyl groups is 1. The summed E-state index contributed by atoms with van der Waals surface area (Å²) in [6.07, 6.45) is 4.86. The molecule has 0 atom stereocenters. The normalized spacial score (nSPS) is 18.0. The summed E-state index contributed by atoms with van der Waals surface area (Å²) in [7, 11) is 0. The number of amides is 1. The topological polar surface area (TPSA) is 75.4 Å². The molecule has 0 radical (unpaired) electrons. The summed E-state index contributed by atoms with van der Waals surface area (Å²) < 4.78 is 0. The quantitative estimate of drug-likeness (QED) is 0.745. The number of nitrogens with two attached hydrogens (primary N) is 1. The van der Waals surface area contributed by atoms with Gasteiger partial charge in [-0.2, -0.15) is 0 Å². The number of carbonyl (C=O) groups excluding carboxylic acids is 1. The number of benzene rings is 1. The summed E-state index contributed by atoms with van der Waals surface area (Å²) in [4.78, 5) is 12.2. The molecule has 1 fully saturated rings. The van der Waals surface area contributed by atoms with Crippen LogP contribution < -0.4 is 11.1 Å². The van der Waals surface area contributed by atoms with E-state index in [-0.39, 0.29) is 12.5 Å². The van der Waals surface area contributed by atoms with Crippen molar-refractivity contribution in [3.05, 3.63) is 28.8 Å². The Balaban J connectivity index is 2.12. The van der Waals surface area contributed by atoms with Crippen LogP contribution in [0, 0.1) is 0 Å². The summed E-state index contributed by atoms with van der Waals surface area (Å²) in [5.74, 6) is -0.209. The zero-order chi connectivity index (χ0) is 13.9. The largest absolute Gasteiger partial charge is 0.398 e. The van der Waals surface area contributed by atoms with Crippen molar-refractivity contribution in [2.75, 3.05) is 12.3 Å². The molecule has 19 heavy (non-hydrogen) atoms. The number of aliphatic hydroxyl groups excluding tert-OH is 1. The van der Waals surface area contributed by atoms with Gasteiger partial charge in [0.15, 0.2) is 0 Å². The monoisotopic (exact) mass is 282 g/mol. The standard InChI is InChI=1S/C14H19ClN2O2/c15-11-5-4-10(8-12(11)16)13(19)17-14(9-18)6-2-1-3-7-14/h4-5,8,18H,1-3,6-7,9,16H2,(H,17,19). The van der Waals surface area contributed by atoms with Crippen molar-refractivity contribution in [3.8, 4) is 0 Å². The van der Waals surface area contributed by atoms with Crippen molar-refractivity contribution in [2.45, 2.75) is 37.6 Å². The molecule has 0 aliphatic heterocycles. The number of hydrogen-bond acceptors (Lipinski definition) is 3. The molecule has 2 rings (SSSR count). The maximum atomic E-state index is 12.2. The molecule has 0 unspecified atom stereocenters. The van der Waals surface area contributed by atoms with Crippen LogP contribution in [-0.2, 0) is 0 Å². The van der Waals surface area contributed by atoms with E-state index in [0.29, 0.717) is 16.3 Å². The Morgan fingerprint density at radius 3 is 2.63 bits per heavy atom. The molecule has 0 aromatic heterocycles. The molecular formula is C14H19ClN2O2. The van der Waals surface area contributed by atoms with Crippen LogP contribution in [0.25, 0.3) is 0 Å². The van der Waals surface area contributed by atoms with Gasteiger partial charge in [0, 0.05) is 5.56 Å². The smallest absolute Gasteiger partial charge is 0.251 e. The van der Waals surface area contributed by atoms with Crippen LogP contribution >= 0.6 is 11.6 Å². The van der Waals surface area contributed by atoms with Gasteiger partial charge in [0.2, 0.25) is 0 Å². The second-order valence-corrected chi connectivity index (χ2v) is 5.60. The summed E-state index contributed by atoms with van der Waals surface area (Å²) in [6, 6.07) is 4.81. The van der Waals surface area contributed by atoms with Gasteiger partial charge in [-0.15, -0.1) is 0 Å². The lowest BCUT2D eigenvalue weighted by molar-refractivity contribution is 0.0758. The zero-order valence-corrected chi connectivity index (χ0v) is 11.5. The molecule has 1 aromatic rings. The van der Waals surface area contributed by atoms with Crippen LogP contribution in [0.5, 0.6) is 0 Å². The average molecular weight is 283 g/mol. The molecule has 1 aliphatic carbocycles. The molecule has 1 amide bonds. The molecule has 1 aromatic carbocycles. The first-order valence-corrected chi connectivity index (χ1v) is 6.92. The van der Waals surface area contributed by atoms with E-state index in [0.717, 1.165) is 32.1 Å². The van der Waals surface area contributed by atoms with E-state index in [1.165, 1.54) is 0 Å². The van der Waals surface area contributed by atoms with E-state index < -0.39 is 5.54 Å². The molecule has 4 N–H and O–H groups in total. The number of rotatable bonds is 3. The van der Waals surface area contributed by atoms with E-state index in [4.69, 9.17) is 17.3 Å². The van der Waals surface area contributed by atoms with Crippen molar-refractivity contribution < 1.29 is 9.90 Å². The van der Waals surface area contributed by atoms with Gasteiger partial charge in [0.05, 0.1) is 22.9 Å². The van der Waals surface area contributed by atoms with E-state index in [1.807, 2.05) is 0 Å². The predicted octanol–water partition coefficient (Wildman–Crippen LogP) is 2.35. The summed E-state index contributed by atoms with van der Waals surface area (Å²) in [5.41, 5.74) is 6.07. The van der Waals surface area contributed by atoms with Crippen LogP contribution in [0.15, 0.2) is 18.2 Å². The van der Waals surface area contributed by atoms with Crippen LogP contribution in [0.4, 0.5) is 5.69 Å². The first-order valence-electron chi connectivity index (χ1n) is 6.55. The van der Waals surface area contributed by atoms with Crippen LogP contribution in [0.3, 0.4) is 0 Å². The fraction of sp³-hybridized carbons (Fsp3) is 0.500. The number of nitrogen functional groups attached to an aromatic ring is 1. The van der Waals surface area contributed by atoms with Crippen LogP contribution in [0.1, 0.15) is 42.5 Å². The van der Waals surface area contributed by atoms with Crippen molar-refractivity contribution in [1.82, 2.24) is 5.32 Å². The SMILES string of the molecule is Nc1cc(C(=O)NC2(CO)CCCCC2)ccc1Cl. The molecule has 5 heteroatoms. The minimum absolute atomic E-state index is 0.0260. The number of hydrogen-bond donors (Lipinski definition) is 3. The Morgan fingerprint density at radius 1 is 1.37 bits per heavy atom. The molecular weight excluding hydrogens is 264 g/mol. The highest BCUT2D eigenvalue weighted by Gasteiger charge is 2.33. The third kappa shape index (κ3) is 3.19. The van der Waals surface area contributed by atoms with Gasteiger partial charge < -0.3 is 16.2 Å². The van der Waals surface area contributed by atoms with E-state index in [1.54, 1.807) is 18.2 Å². The predicted molar refractivity (Wildman–Crippen MR) is 76.2 cm³/mol. The number of nitrogens with one attached hydrogen (secondary N) is 1. The van der Waals surface area contributed by atoms with Gasteiger partial charge in [-0.25, -0.2) is 0 Å². The number of halogens is 1. The van der Waals surface area contributed by atoms with Gasteiger partial charge in [-0.1, -0.05) is 30.9 Å². The first kappa shape index (κ1) is 14.2. The lowest BCUT2D eigenvalue weighted by Gasteiger charge is -2.36. The molecule has 0 heterocycles. The Hall–Kier alpha value is -1.26. The fourth-order valence-electron chi connectivity index (χ4n) is 2.55. The highest BCUT2D eigenvalue weighted by Crippen LogP contribution is 2.28. The minimum Gasteiger partial charge on any atom is -0.398 e. The average Bonchev–Trinajstić information content (AvgIpc) is 2.43. The van der Waals surface area contributed by atoms with Gasteiger partial charge in [0.25, 0.3) is 5.91 Å². The summed E-state index contributed by atoms with van der Waals surface area (Å²) in [6.45, 7) is -0.0260. The van der Waals surface area contributed by atoms with Crippen molar-refractivity contribution in [3.63, 3.8) is 0 Å². The van der Waals surface area contributed by atoms with Crippen molar-refractivity contribution in [1.29, 1.82) is 0 Å². The Kier molecular flexibility index (Phi) is 4.32. The third-order valence-electron chi connectivity index (χ3n) is 3.75. The highest BCUT2D eigenvalue weighted by molar-refractivity contribution is 6.33. The van der Waals surface area contributed by atoms with Gasteiger partial charge in [0.1, 0.15) is 0 Å². The van der Waals surface area contributed by atoms with Crippen LogP contribution in [0.2, 0.25) is 5.02 Å². The Morgan fingerprint density at radius 2 is 2.05 bits per heavy atom. The Labute approximate surface area is 117 Å². The van der Waals surface area contributed by atoms with Gasteiger partial charge in [-0.3, -0.25) is 4.79 Å². The molecule has 0 bridgehead atoms. The lowest BCUT2D eigenvalue weighted by atomic mass is 9.82.